The molecule has 0 aliphatic carbocycles. The van der Waals surface area contributed by atoms with Gasteiger partial charge in [0.2, 0.25) is 0 Å². The second-order valence-electron chi connectivity index (χ2n) is 4.94. The van der Waals surface area contributed by atoms with Crippen molar-refractivity contribution in [2.45, 2.75) is 46.2 Å². The predicted octanol–water partition coefficient (Wildman–Crippen LogP) is 3.16. The Kier molecular flexibility index (Phi) is 4.59. The van der Waals surface area contributed by atoms with Crippen LogP contribution in [0.5, 0.6) is 0 Å². The zero-order valence-corrected chi connectivity index (χ0v) is 12.1. The first kappa shape index (κ1) is 14.1. The Morgan fingerprint density at radius 1 is 1.21 bits per heavy atom. The number of hydrogen-bond acceptors (Lipinski definition) is 2. The fraction of sp³-hybridized carbons (Fsp3) is 0.562. The fourth-order valence-corrected chi connectivity index (χ4v) is 2.76. The molecule has 3 heteroatoms. The van der Waals surface area contributed by atoms with E-state index in [1.165, 1.54) is 11.1 Å². The quantitative estimate of drug-likeness (QED) is 0.777. The molecule has 1 amide bonds. The zero-order chi connectivity index (χ0) is 13.8. The molecular formula is C16H23NO2. The zero-order valence-electron chi connectivity index (χ0n) is 12.1. The summed E-state index contributed by atoms with van der Waals surface area (Å²) in [6.45, 7) is 8.41. The van der Waals surface area contributed by atoms with E-state index in [4.69, 9.17) is 4.74 Å². The highest BCUT2D eigenvalue weighted by Crippen LogP contribution is 2.28. The molecule has 2 aliphatic rings. The summed E-state index contributed by atoms with van der Waals surface area (Å²) in [5.74, 6) is 0.201. The van der Waals surface area contributed by atoms with Crippen LogP contribution in [0.25, 0.3) is 0 Å². The number of hydrogen-bond donors (Lipinski definition) is 0. The summed E-state index contributed by atoms with van der Waals surface area (Å²) in [7, 11) is 0. The normalized spacial score (nSPS) is 18.9. The smallest absolute Gasteiger partial charge is 0.254 e. The second-order valence-corrected chi connectivity index (χ2v) is 4.94. The molecule has 1 aromatic carbocycles. The monoisotopic (exact) mass is 261 g/mol. The van der Waals surface area contributed by atoms with Crippen molar-refractivity contribution < 1.29 is 9.53 Å². The van der Waals surface area contributed by atoms with Gasteiger partial charge in [0.15, 0.2) is 0 Å². The van der Waals surface area contributed by atoms with Crippen molar-refractivity contribution >= 4 is 5.91 Å². The van der Waals surface area contributed by atoms with E-state index < -0.39 is 0 Å². The van der Waals surface area contributed by atoms with Crippen molar-refractivity contribution in [3.63, 3.8) is 0 Å². The molecule has 0 bridgehead atoms. The van der Waals surface area contributed by atoms with Crippen LogP contribution < -0.4 is 0 Å². The van der Waals surface area contributed by atoms with Crippen molar-refractivity contribution in [1.82, 2.24) is 4.90 Å². The first-order valence-corrected chi connectivity index (χ1v) is 7.24. The third-order valence-electron chi connectivity index (χ3n) is 3.72. The maximum absolute atomic E-state index is 12.3. The molecule has 1 saturated heterocycles. The first-order valence-electron chi connectivity index (χ1n) is 7.24. The molecule has 0 N–H and O–H groups in total. The lowest BCUT2D eigenvalue weighted by Gasteiger charge is -2.30. The Morgan fingerprint density at radius 2 is 1.89 bits per heavy atom. The minimum Gasteiger partial charge on any atom is -0.381 e. The maximum atomic E-state index is 12.3. The van der Waals surface area contributed by atoms with E-state index >= 15 is 0 Å². The van der Waals surface area contributed by atoms with Gasteiger partial charge in [-0.15, -0.1) is 0 Å². The molecule has 2 aliphatic heterocycles. The molecular weight excluding hydrogens is 238 g/mol. The number of aryl methyl sites for hydroxylation is 1. The van der Waals surface area contributed by atoms with Gasteiger partial charge in [0.1, 0.15) is 0 Å². The number of ether oxygens (including phenoxy) is 1. The number of amides is 1. The summed E-state index contributed by atoms with van der Waals surface area (Å²) in [5.41, 5.74) is 3.30. The summed E-state index contributed by atoms with van der Waals surface area (Å²) >= 11 is 0. The number of carbonyl (C=O) groups excluding carboxylic acids is 1. The van der Waals surface area contributed by atoms with Crippen LogP contribution in [0, 0.1) is 6.92 Å². The molecule has 1 fully saturated rings. The highest BCUT2D eigenvalue weighted by Gasteiger charge is 2.33. The third kappa shape index (κ3) is 2.81. The number of benzene rings is 1. The molecule has 0 aromatic heterocycles. The van der Waals surface area contributed by atoms with Gasteiger partial charge in [-0.3, -0.25) is 4.79 Å². The van der Waals surface area contributed by atoms with Gasteiger partial charge in [-0.1, -0.05) is 31.5 Å². The molecule has 0 saturated carbocycles. The Balaban J connectivity index is 0.000000637. The molecule has 0 radical (unpaired) electrons. The van der Waals surface area contributed by atoms with E-state index in [1.807, 2.05) is 30.9 Å². The van der Waals surface area contributed by atoms with Crippen LogP contribution in [-0.2, 0) is 11.3 Å². The average molecular weight is 261 g/mol. The van der Waals surface area contributed by atoms with Crippen LogP contribution >= 0.6 is 0 Å². The van der Waals surface area contributed by atoms with Crippen LogP contribution in [-0.4, -0.2) is 30.1 Å². The molecule has 0 atom stereocenters. The van der Waals surface area contributed by atoms with Crippen molar-refractivity contribution in [2.75, 3.05) is 13.2 Å². The lowest BCUT2D eigenvalue weighted by Crippen LogP contribution is -2.39. The van der Waals surface area contributed by atoms with Crippen LogP contribution in [0.4, 0.5) is 0 Å². The SMILES string of the molecule is CC.Cc1ccc2c(c1)CN(C1CCOCC1)C2=O. The average Bonchev–Trinajstić information content (AvgIpc) is 2.78. The number of fused-ring (bicyclic) bond motifs is 1. The molecule has 19 heavy (non-hydrogen) atoms. The Morgan fingerprint density at radius 3 is 2.58 bits per heavy atom. The highest BCUT2D eigenvalue weighted by molar-refractivity contribution is 5.98. The van der Waals surface area contributed by atoms with Gasteiger partial charge in [-0.2, -0.15) is 0 Å². The molecule has 0 spiro atoms. The first-order chi connectivity index (χ1) is 9.25. The topological polar surface area (TPSA) is 29.5 Å². The Labute approximate surface area is 115 Å². The lowest BCUT2D eigenvalue weighted by molar-refractivity contribution is 0.0303. The summed E-state index contributed by atoms with van der Waals surface area (Å²) in [6, 6.07) is 6.48. The van der Waals surface area contributed by atoms with Gasteiger partial charge >= 0.3 is 0 Å². The Bertz CT molecular complexity index is 450. The highest BCUT2D eigenvalue weighted by atomic mass is 16.5. The van der Waals surface area contributed by atoms with Crippen LogP contribution in [0.1, 0.15) is 48.2 Å². The molecule has 0 unspecified atom stereocenters. The summed E-state index contributed by atoms with van der Waals surface area (Å²) < 4.78 is 5.35. The predicted molar refractivity (Wildman–Crippen MR) is 76.2 cm³/mol. The Hall–Kier alpha value is -1.35. The van der Waals surface area contributed by atoms with E-state index in [1.54, 1.807) is 0 Å². The molecule has 3 nitrogen and oxygen atoms in total. The van der Waals surface area contributed by atoms with Crippen LogP contribution in [0.3, 0.4) is 0 Å². The van der Waals surface area contributed by atoms with E-state index in [2.05, 4.69) is 13.0 Å². The van der Waals surface area contributed by atoms with Gasteiger partial charge in [-0.25, -0.2) is 0 Å². The molecule has 1 aromatic rings. The van der Waals surface area contributed by atoms with Gasteiger partial charge in [0.05, 0.1) is 0 Å². The van der Waals surface area contributed by atoms with Gasteiger partial charge in [0, 0.05) is 31.4 Å². The van der Waals surface area contributed by atoms with Gasteiger partial charge < -0.3 is 9.64 Å². The van der Waals surface area contributed by atoms with E-state index in [0.717, 1.165) is 38.2 Å². The summed E-state index contributed by atoms with van der Waals surface area (Å²) in [5, 5.41) is 0. The number of carbonyl (C=O) groups is 1. The van der Waals surface area contributed by atoms with Crippen molar-refractivity contribution in [3.8, 4) is 0 Å². The van der Waals surface area contributed by atoms with Crippen molar-refractivity contribution in [2.24, 2.45) is 0 Å². The van der Waals surface area contributed by atoms with Gasteiger partial charge in [-0.05, 0) is 31.4 Å². The third-order valence-corrected chi connectivity index (χ3v) is 3.72. The largest absolute Gasteiger partial charge is 0.381 e. The molecule has 2 heterocycles. The number of nitrogens with zero attached hydrogens (tertiary/aromatic N) is 1. The number of rotatable bonds is 1. The summed E-state index contributed by atoms with van der Waals surface area (Å²) in [4.78, 5) is 14.3. The minimum absolute atomic E-state index is 0.201. The van der Waals surface area contributed by atoms with E-state index in [-0.39, 0.29) is 5.91 Å². The van der Waals surface area contributed by atoms with Crippen molar-refractivity contribution in [1.29, 1.82) is 0 Å². The maximum Gasteiger partial charge on any atom is 0.254 e. The minimum atomic E-state index is 0.201. The van der Waals surface area contributed by atoms with Crippen LogP contribution in [0.15, 0.2) is 18.2 Å². The lowest BCUT2D eigenvalue weighted by atomic mass is 10.1. The molecule has 104 valence electrons. The van der Waals surface area contributed by atoms with Gasteiger partial charge in [0.25, 0.3) is 5.91 Å². The van der Waals surface area contributed by atoms with Crippen LogP contribution in [0.2, 0.25) is 0 Å². The fourth-order valence-electron chi connectivity index (χ4n) is 2.76. The standard InChI is InChI=1S/C14H17NO2.C2H6/c1-10-2-3-13-11(8-10)9-15(14(13)16)12-4-6-17-7-5-12;1-2/h2-3,8,12H,4-7,9H2,1H3;1-2H3. The summed E-state index contributed by atoms with van der Waals surface area (Å²) in [6.07, 6.45) is 1.94. The second kappa shape index (κ2) is 6.20. The van der Waals surface area contributed by atoms with E-state index in [0.29, 0.717) is 6.04 Å². The van der Waals surface area contributed by atoms with Crippen molar-refractivity contribution in [3.05, 3.63) is 34.9 Å². The molecule has 3 rings (SSSR count). The van der Waals surface area contributed by atoms with E-state index in [9.17, 15) is 4.79 Å².